The summed E-state index contributed by atoms with van der Waals surface area (Å²) in [5.41, 5.74) is 5.36. The van der Waals surface area contributed by atoms with Crippen LogP contribution in [-0.2, 0) is 9.53 Å². The molecule has 1 atom stereocenters. The zero-order valence-corrected chi connectivity index (χ0v) is 11.2. The molecule has 0 rings (SSSR count). The van der Waals surface area contributed by atoms with Crippen molar-refractivity contribution in [2.45, 2.75) is 39.7 Å². The predicted octanol–water partition coefficient (Wildman–Crippen LogP) is 1.41. The summed E-state index contributed by atoms with van der Waals surface area (Å²) in [6, 6.07) is -0.482. The normalized spacial score (nSPS) is 12.4. The Kier molecular flexibility index (Phi) is 7.54. The van der Waals surface area contributed by atoms with Crippen LogP contribution in [0.3, 0.4) is 0 Å². The van der Waals surface area contributed by atoms with Crippen LogP contribution in [0.5, 0.6) is 0 Å². The van der Waals surface area contributed by atoms with E-state index in [-0.39, 0.29) is 12.3 Å². The first-order chi connectivity index (χ1) is 7.93. The molecule has 0 heterocycles. The first-order valence-corrected chi connectivity index (χ1v) is 6.06. The summed E-state index contributed by atoms with van der Waals surface area (Å²) in [5.74, 6) is 0.187. The Balaban J connectivity index is 4.56. The first kappa shape index (κ1) is 15.9. The number of likely N-dealkylation sites (N-methyl/N-ethyl adjacent to an activating group) is 1. The number of ketones is 1. The second-order valence-corrected chi connectivity index (χ2v) is 4.54. The average molecular weight is 244 g/mol. The van der Waals surface area contributed by atoms with E-state index in [1.54, 1.807) is 7.05 Å². The Bertz CT molecular complexity index is 254. The number of carbonyl (C=O) groups is 2. The predicted molar refractivity (Wildman–Crippen MR) is 66.7 cm³/mol. The molecular weight excluding hydrogens is 220 g/mol. The molecule has 0 fully saturated rings. The summed E-state index contributed by atoms with van der Waals surface area (Å²) >= 11 is 0. The number of amides is 1. The first-order valence-electron chi connectivity index (χ1n) is 6.06. The number of rotatable bonds is 7. The van der Waals surface area contributed by atoms with Gasteiger partial charge in [-0.1, -0.05) is 20.8 Å². The van der Waals surface area contributed by atoms with E-state index in [0.717, 1.165) is 6.42 Å². The van der Waals surface area contributed by atoms with Crippen molar-refractivity contribution in [1.82, 2.24) is 4.90 Å². The van der Waals surface area contributed by atoms with Crippen LogP contribution in [-0.4, -0.2) is 43.0 Å². The molecule has 0 spiro atoms. The number of nitrogens with zero attached hydrogens (tertiary/aromatic N) is 1. The van der Waals surface area contributed by atoms with Gasteiger partial charge in [0, 0.05) is 7.05 Å². The number of ether oxygens (including phenoxy) is 1. The highest BCUT2D eigenvalue weighted by molar-refractivity contribution is 5.88. The fourth-order valence-corrected chi connectivity index (χ4v) is 1.51. The van der Waals surface area contributed by atoms with Gasteiger partial charge in [0.1, 0.15) is 0 Å². The van der Waals surface area contributed by atoms with Crippen LogP contribution < -0.4 is 5.73 Å². The van der Waals surface area contributed by atoms with E-state index in [2.05, 4.69) is 0 Å². The molecule has 0 aliphatic carbocycles. The highest BCUT2D eigenvalue weighted by Crippen LogP contribution is 2.12. The Labute approximate surface area is 103 Å². The van der Waals surface area contributed by atoms with E-state index < -0.39 is 12.1 Å². The molecule has 0 bridgehead atoms. The summed E-state index contributed by atoms with van der Waals surface area (Å²) < 4.78 is 5.00. The van der Waals surface area contributed by atoms with Crippen LogP contribution in [0.2, 0.25) is 0 Å². The summed E-state index contributed by atoms with van der Waals surface area (Å²) in [4.78, 5) is 24.7. The third-order valence-corrected chi connectivity index (χ3v) is 2.45. The maximum Gasteiger partial charge on any atom is 0.410 e. The molecule has 5 nitrogen and oxygen atoms in total. The van der Waals surface area contributed by atoms with Gasteiger partial charge in [-0.3, -0.25) is 4.79 Å². The van der Waals surface area contributed by atoms with Gasteiger partial charge >= 0.3 is 6.09 Å². The van der Waals surface area contributed by atoms with Crippen molar-refractivity contribution >= 4 is 11.9 Å². The monoisotopic (exact) mass is 244 g/mol. The molecule has 17 heavy (non-hydrogen) atoms. The zero-order valence-electron chi connectivity index (χ0n) is 11.2. The third-order valence-electron chi connectivity index (χ3n) is 2.45. The molecule has 0 aromatic rings. The van der Waals surface area contributed by atoms with Gasteiger partial charge in [-0.2, -0.15) is 0 Å². The maximum atomic E-state index is 11.7. The smallest absolute Gasteiger partial charge is 0.410 e. The van der Waals surface area contributed by atoms with Gasteiger partial charge < -0.3 is 15.4 Å². The van der Waals surface area contributed by atoms with Gasteiger partial charge in [-0.15, -0.1) is 0 Å². The van der Waals surface area contributed by atoms with Crippen LogP contribution in [0.1, 0.15) is 33.6 Å². The van der Waals surface area contributed by atoms with Crippen molar-refractivity contribution in [3.8, 4) is 0 Å². The number of Topliss-reactive ketones (excluding diaryl/α,β-unsaturated/α-hetero) is 1. The molecule has 0 aromatic heterocycles. The molecule has 0 radical (unpaired) electrons. The highest BCUT2D eigenvalue weighted by Gasteiger charge is 2.27. The third kappa shape index (κ3) is 5.68. The van der Waals surface area contributed by atoms with Gasteiger partial charge in [0.25, 0.3) is 0 Å². The molecule has 1 amide bonds. The molecule has 0 aliphatic rings. The van der Waals surface area contributed by atoms with Crippen molar-refractivity contribution in [3.05, 3.63) is 0 Å². The van der Waals surface area contributed by atoms with Gasteiger partial charge in [-0.25, -0.2) is 4.79 Å². The van der Waals surface area contributed by atoms with E-state index in [0.29, 0.717) is 18.9 Å². The lowest BCUT2D eigenvalue weighted by Gasteiger charge is -2.27. The molecule has 0 saturated heterocycles. The average Bonchev–Trinajstić information content (AvgIpc) is 2.30. The fourth-order valence-electron chi connectivity index (χ4n) is 1.51. The van der Waals surface area contributed by atoms with Gasteiger partial charge in [0.05, 0.1) is 19.2 Å². The Morgan fingerprint density at radius 2 is 1.94 bits per heavy atom. The van der Waals surface area contributed by atoms with Crippen molar-refractivity contribution in [2.75, 3.05) is 20.2 Å². The van der Waals surface area contributed by atoms with Crippen molar-refractivity contribution in [2.24, 2.45) is 11.7 Å². The molecule has 0 aliphatic heterocycles. The van der Waals surface area contributed by atoms with E-state index in [1.165, 1.54) is 4.90 Å². The summed E-state index contributed by atoms with van der Waals surface area (Å²) in [6.07, 6.45) is 0.909. The largest absolute Gasteiger partial charge is 0.449 e. The van der Waals surface area contributed by atoms with Gasteiger partial charge in [-0.05, 0) is 18.8 Å². The minimum absolute atomic E-state index is 0.0528. The molecule has 0 saturated carbocycles. The molecule has 2 N–H and O–H groups in total. The number of carbonyl (C=O) groups excluding carboxylic acids is 2. The van der Waals surface area contributed by atoms with Crippen molar-refractivity contribution in [1.29, 1.82) is 0 Å². The fraction of sp³-hybridized carbons (Fsp3) is 0.833. The molecule has 0 unspecified atom stereocenters. The lowest BCUT2D eigenvalue weighted by Crippen LogP contribution is -2.45. The molecular formula is C12H24N2O3. The minimum Gasteiger partial charge on any atom is -0.449 e. The summed E-state index contributed by atoms with van der Waals surface area (Å²) in [5, 5.41) is 0. The van der Waals surface area contributed by atoms with Crippen molar-refractivity contribution < 1.29 is 14.3 Å². The lowest BCUT2D eigenvalue weighted by atomic mass is 9.99. The van der Waals surface area contributed by atoms with Crippen LogP contribution >= 0.6 is 0 Å². The van der Waals surface area contributed by atoms with Gasteiger partial charge in [0.2, 0.25) is 0 Å². The Morgan fingerprint density at radius 1 is 1.35 bits per heavy atom. The quantitative estimate of drug-likeness (QED) is 0.735. The Morgan fingerprint density at radius 3 is 2.35 bits per heavy atom. The van der Waals surface area contributed by atoms with Crippen LogP contribution in [0.25, 0.3) is 0 Å². The zero-order chi connectivity index (χ0) is 13.4. The number of nitrogens with two attached hydrogens (primary N) is 1. The second kappa shape index (κ2) is 8.06. The molecule has 5 heteroatoms. The topological polar surface area (TPSA) is 72.6 Å². The number of hydrogen-bond donors (Lipinski definition) is 1. The van der Waals surface area contributed by atoms with E-state index >= 15 is 0 Å². The van der Waals surface area contributed by atoms with Gasteiger partial charge in [0.15, 0.2) is 5.78 Å². The van der Waals surface area contributed by atoms with E-state index in [4.69, 9.17) is 10.5 Å². The van der Waals surface area contributed by atoms with Crippen LogP contribution in [0, 0.1) is 5.92 Å². The SMILES string of the molecule is CCCOC(=O)N(C)[C@@H](CC(C)C)C(=O)CN. The van der Waals surface area contributed by atoms with Crippen LogP contribution in [0.15, 0.2) is 0 Å². The van der Waals surface area contributed by atoms with Crippen molar-refractivity contribution in [3.63, 3.8) is 0 Å². The standard InChI is InChI=1S/C12H24N2O3/c1-5-6-17-12(16)14(4)10(7-9(2)3)11(15)8-13/h9-10H,5-8,13H2,1-4H3/t10-/m0/s1. The number of hydrogen-bond acceptors (Lipinski definition) is 4. The molecule has 100 valence electrons. The second-order valence-electron chi connectivity index (χ2n) is 4.54. The maximum absolute atomic E-state index is 11.7. The molecule has 0 aromatic carbocycles. The van der Waals surface area contributed by atoms with E-state index in [9.17, 15) is 9.59 Å². The summed E-state index contributed by atoms with van der Waals surface area (Å²) in [7, 11) is 1.58. The van der Waals surface area contributed by atoms with E-state index in [1.807, 2.05) is 20.8 Å². The minimum atomic E-state index is -0.482. The highest BCUT2D eigenvalue weighted by atomic mass is 16.6. The van der Waals surface area contributed by atoms with Crippen LogP contribution in [0.4, 0.5) is 4.79 Å². The lowest BCUT2D eigenvalue weighted by molar-refractivity contribution is -0.122. The summed E-state index contributed by atoms with van der Waals surface area (Å²) in [6.45, 7) is 6.24. The Hall–Kier alpha value is -1.10.